The van der Waals surface area contributed by atoms with Crippen LogP contribution < -0.4 is 20.7 Å². The average molecular weight is 520 g/mol. The number of nitrogens with one attached hydrogen (secondary N) is 3. The molecular weight excluding hydrogens is 486 g/mol. The summed E-state index contributed by atoms with van der Waals surface area (Å²) in [7, 11) is -3.72. The van der Waals surface area contributed by atoms with Gasteiger partial charge in [0.05, 0.1) is 4.90 Å². The van der Waals surface area contributed by atoms with Crippen LogP contribution in [0.1, 0.15) is 39.2 Å². The van der Waals surface area contributed by atoms with E-state index in [9.17, 15) is 13.2 Å². The largest absolute Gasteiger partial charge is 0.384 e. The number of benzene rings is 3. The van der Waals surface area contributed by atoms with Gasteiger partial charge in [-0.2, -0.15) is 0 Å². The van der Waals surface area contributed by atoms with Gasteiger partial charge in [0.1, 0.15) is 11.9 Å². The Labute approximate surface area is 218 Å². The molecule has 1 heterocycles. The van der Waals surface area contributed by atoms with Crippen LogP contribution in [-0.4, -0.2) is 38.3 Å². The molecule has 9 heteroatoms. The summed E-state index contributed by atoms with van der Waals surface area (Å²) >= 11 is 0. The standard InChI is InChI=1S/C28H33N5O3S/c1-28(2,3)32-37(35,36)25-12-5-4-10-23(25)19-13-15-21(16-14-19)31-27(34)24-11-7-17-33(24)22-9-6-8-20(18-22)26(29)30/h4-6,8-10,12-16,18,24,32H,7,11,17H2,1-3H3,(H3,29,30)(H,31,34)/t24-/m0/s1. The van der Waals surface area contributed by atoms with Gasteiger partial charge >= 0.3 is 0 Å². The number of hydrogen-bond acceptors (Lipinski definition) is 5. The third-order valence-electron chi connectivity index (χ3n) is 6.12. The summed E-state index contributed by atoms with van der Waals surface area (Å²) in [4.78, 5) is 15.4. The number of amides is 1. The van der Waals surface area contributed by atoms with Gasteiger partial charge in [0.25, 0.3) is 0 Å². The number of carbonyl (C=O) groups excluding carboxylic acids is 1. The quantitative estimate of drug-likeness (QED) is 0.273. The fourth-order valence-electron chi connectivity index (χ4n) is 4.56. The summed E-state index contributed by atoms with van der Waals surface area (Å²) in [5.74, 6) is -0.124. The molecule has 1 saturated heterocycles. The molecule has 0 spiro atoms. The Bertz CT molecular complexity index is 1410. The molecule has 1 aliphatic rings. The zero-order chi connectivity index (χ0) is 26.8. The van der Waals surface area contributed by atoms with Crippen molar-refractivity contribution in [2.75, 3.05) is 16.8 Å². The van der Waals surface area contributed by atoms with Gasteiger partial charge in [-0.15, -0.1) is 0 Å². The van der Waals surface area contributed by atoms with Crippen LogP contribution in [0.4, 0.5) is 11.4 Å². The highest BCUT2D eigenvalue weighted by Gasteiger charge is 2.31. The highest BCUT2D eigenvalue weighted by atomic mass is 32.2. The first kappa shape index (κ1) is 26.4. The van der Waals surface area contributed by atoms with Crippen LogP contribution >= 0.6 is 0 Å². The van der Waals surface area contributed by atoms with Gasteiger partial charge < -0.3 is 16.0 Å². The molecule has 8 nitrogen and oxygen atoms in total. The maximum Gasteiger partial charge on any atom is 0.247 e. The Balaban J connectivity index is 1.52. The van der Waals surface area contributed by atoms with Gasteiger partial charge in [-0.3, -0.25) is 10.2 Å². The number of sulfonamides is 1. The molecule has 0 aliphatic carbocycles. The molecule has 3 aromatic rings. The monoisotopic (exact) mass is 519 g/mol. The number of amidine groups is 1. The normalized spacial score (nSPS) is 16.0. The van der Waals surface area contributed by atoms with Crippen LogP contribution in [0.2, 0.25) is 0 Å². The Kier molecular flexibility index (Phi) is 7.38. The van der Waals surface area contributed by atoms with Gasteiger partial charge in [0, 0.05) is 34.6 Å². The molecule has 1 amide bonds. The third-order valence-corrected chi connectivity index (χ3v) is 7.94. The SMILES string of the molecule is CC(C)(C)NS(=O)(=O)c1ccccc1-c1ccc(NC(=O)[C@@H]2CCCN2c2cccc(C(=N)N)c2)cc1. The van der Waals surface area contributed by atoms with Crippen molar-refractivity contribution in [3.8, 4) is 11.1 Å². The van der Waals surface area contributed by atoms with E-state index in [0.717, 1.165) is 30.6 Å². The number of nitrogens with two attached hydrogens (primary N) is 1. The van der Waals surface area contributed by atoms with Crippen LogP contribution in [0, 0.1) is 5.41 Å². The first-order valence-electron chi connectivity index (χ1n) is 12.2. The molecule has 3 aromatic carbocycles. The lowest BCUT2D eigenvalue weighted by atomic mass is 10.1. The summed E-state index contributed by atoms with van der Waals surface area (Å²) in [5, 5.41) is 10.7. The average Bonchev–Trinajstić information content (AvgIpc) is 3.33. The van der Waals surface area contributed by atoms with Crippen LogP contribution in [0.3, 0.4) is 0 Å². The van der Waals surface area contributed by atoms with E-state index < -0.39 is 15.6 Å². The number of anilines is 2. The molecule has 0 bridgehead atoms. The summed E-state index contributed by atoms with van der Waals surface area (Å²) in [5.41, 5.74) is 8.47. The van der Waals surface area contributed by atoms with Gasteiger partial charge in [0.15, 0.2) is 0 Å². The molecule has 0 saturated carbocycles. The van der Waals surface area contributed by atoms with Crippen molar-refractivity contribution in [1.29, 1.82) is 5.41 Å². The number of nitrogen functional groups attached to an aromatic ring is 1. The van der Waals surface area contributed by atoms with Crippen molar-refractivity contribution in [3.05, 3.63) is 78.4 Å². The van der Waals surface area contributed by atoms with E-state index in [-0.39, 0.29) is 22.7 Å². The fraction of sp³-hybridized carbons (Fsp3) is 0.286. The Hall–Kier alpha value is -3.69. The first-order chi connectivity index (χ1) is 17.4. The molecular formula is C28H33N5O3S. The second-order valence-electron chi connectivity index (χ2n) is 10.2. The summed E-state index contributed by atoms with van der Waals surface area (Å²) < 4.78 is 28.7. The van der Waals surface area contributed by atoms with Gasteiger partial charge in [-0.1, -0.05) is 42.5 Å². The Morgan fingerprint density at radius 1 is 1.03 bits per heavy atom. The van der Waals surface area contributed by atoms with Crippen molar-refractivity contribution in [3.63, 3.8) is 0 Å². The van der Waals surface area contributed by atoms with E-state index in [4.69, 9.17) is 11.1 Å². The van der Waals surface area contributed by atoms with Crippen molar-refractivity contribution in [2.45, 2.75) is 50.1 Å². The summed E-state index contributed by atoms with van der Waals surface area (Å²) in [6.45, 7) is 6.15. The van der Waals surface area contributed by atoms with Gasteiger partial charge in [-0.25, -0.2) is 13.1 Å². The van der Waals surface area contributed by atoms with E-state index in [1.54, 1.807) is 63.2 Å². The molecule has 1 aliphatic heterocycles. The minimum absolute atomic E-state index is 0.00861. The fourth-order valence-corrected chi connectivity index (χ4v) is 6.21. The molecule has 0 aromatic heterocycles. The predicted molar refractivity (Wildman–Crippen MR) is 148 cm³/mol. The highest BCUT2D eigenvalue weighted by molar-refractivity contribution is 7.89. The molecule has 5 N–H and O–H groups in total. The lowest BCUT2D eigenvalue weighted by molar-refractivity contribution is -0.117. The van der Waals surface area contributed by atoms with Crippen LogP contribution in [-0.2, 0) is 14.8 Å². The van der Waals surface area contributed by atoms with Crippen molar-refractivity contribution < 1.29 is 13.2 Å². The molecule has 1 fully saturated rings. The maximum atomic E-state index is 13.2. The Morgan fingerprint density at radius 2 is 1.73 bits per heavy atom. The zero-order valence-electron chi connectivity index (χ0n) is 21.3. The predicted octanol–water partition coefficient (Wildman–Crippen LogP) is 4.32. The van der Waals surface area contributed by atoms with Crippen molar-refractivity contribution in [1.82, 2.24) is 4.72 Å². The summed E-state index contributed by atoms with van der Waals surface area (Å²) in [6, 6.07) is 21.1. The van der Waals surface area contributed by atoms with E-state index in [1.807, 2.05) is 35.2 Å². The number of carbonyl (C=O) groups is 1. The Morgan fingerprint density at radius 3 is 2.41 bits per heavy atom. The molecule has 194 valence electrons. The van der Waals surface area contributed by atoms with E-state index in [0.29, 0.717) is 16.8 Å². The van der Waals surface area contributed by atoms with E-state index in [1.165, 1.54) is 0 Å². The first-order valence-corrected chi connectivity index (χ1v) is 13.7. The smallest absolute Gasteiger partial charge is 0.247 e. The van der Waals surface area contributed by atoms with E-state index in [2.05, 4.69) is 10.0 Å². The molecule has 0 unspecified atom stereocenters. The van der Waals surface area contributed by atoms with Crippen LogP contribution in [0.15, 0.2) is 77.7 Å². The van der Waals surface area contributed by atoms with Crippen molar-refractivity contribution in [2.24, 2.45) is 5.73 Å². The second kappa shape index (κ2) is 10.4. The lowest BCUT2D eigenvalue weighted by Crippen LogP contribution is -2.40. The minimum atomic E-state index is -3.72. The van der Waals surface area contributed by atoms with Gasteiger partial charge in [-0.05, 0) is 69.5 Å². The zero-order valence-corrected chi connectivity index (χ0v) is 22.1. The molecule has 0 radical (unpaired) electrons. The van der Waals surface area contributed by atoms with Crippen LogP contribution in [0.25, 0.3) is 11.1 Å². The van der Waals surface area contributed by atoms with Gasteiger partial charge in [0.2, 0.25) is 15.9 Å². The highest BCUT2D eigenvalue weighted by Crippen LogP contribution is 2.30. The van der Waals surface area contributed by atoms with Crippen molar-refractivity contribution >= 4 is 33.1 Å². The third kappa shape index (κ3) is 6.18. The molecule has 4 rings (SSSR count). The minimum Gasteiger partial charge on any atom is -0.384 e. The second-order valence-corrected chi connectivity index (χ2v) is 11.9. The van der Waals surface area contributed by atoms with E-state index >= 15 is 0 Å². The lowest BCUT2D eigenvalue weighted by Gasteiger charge is -2.26. The van der Waals surface area contributed by atoms with Crippen LogP contribution in [0.5, 0.6) is 0 Å². The topological polar surface area (TPSA) is 128 Å². The maximum absolute atomic E-state index is 13.2. The molecule has 1 atom stereocenters. The number of rotatable bonds is 7. The summed E-state index contributed by atoms with van der Waals surface area (Å²) in [6.07, 6.45) is 1.61. The number of nitrogens with zero attached hydrogens (tertiary/aromatic N) is 1. The molecule has 37 heavy (non-hydrogen) atoms. The number of hydrogen-bond donors (Lipinski definition) is 4.